The molecule has 1 aliphatic rings. The molecule has 0 bridgehead atoms. The van der Waals surface area contributed by atoms with Crippen LogP contribution in [0.3, 0.4) is 0 Å². The normalized spacial score (nSPS) is 17.7. The largest absolute Gasteiger partial charge is 0.516 e. The van der Waals surface area contributed by atoms with Crippen molar-refractivity contribution in [2.75, 3.05) is 6.61 Å². The Labute approximate surface area is 88.9 Å². The zero-order chi connectivity index (χ0) is 11.3. The van der Waals surface area contributed by atoms with Crippen LogP contribution in [-0.4, -0.2) is 24.8 Å². The Bertz CT molecular complexity index is 238. The fraction of sp³-hybridized carbons (Fsp3) is 0.800. The van der Waals surface area contributed by atoms with Gasteiger partial charge in [0.05, 0.1) is 6.61 Å². The minimum absolute atomic E-state index is 0.185. The number of hydrogen-bond donors (Lipinski definition) is 1. The van der Waals surface area contributed by atoms with Crippen LogP contribution < -0.4 is 5.73 Å². The average Bonchev–Trinajstić information content (AvgIpc) is 2.11. The summed E-state index contributed by atoms with van der Waals surface area (Å²) in [7, 11) is 0. The Morgan fingerprint density at radius 3 is 2.60 bits per heavy atom. The fourth-order valence-electron chi connectivity index (χ4n) is 1.49. The molecule has 1 atom stereocenters. The molecule has 0 spiro atoms. The van der Waals surface area contributed by atoms with Gasteiger partial charge in [0.2, 0.25) is 0 Å². The van der Waals surface area contributed by atoms with Gasteiger partial charge in [-0.25, -0.2) is 9.59 Å². The van der Waals surface area contributed by atoms with Crippen molar-refractivity contribution in [3.8, 4) is 0 Å². The number of ether oxygens (including phenoxy) is 2. The highest BCUT2D eigenvalue weighted by Crippen LogP contribution is 2.30. The Balaban J connectivity index is 2.22. The molecule has 5 heteroatoms. The highest BCUT2D eigenvalue weighted by molar-refractivity contribution is 5.85. The quantitative estimate of drug-likeness (QED) is 0.563. The molecule has 1 fully saturated rings. The number of nitrogens with two attached hydrogens (primary N) is 1. The van der Waals surface area contributed by atoms with E-state index in [-0.39, 0.29) is 6.61 Å². The lowest BCUT2D eigenvalue weighted by Crippen LogP contribution is -2.36. The van der Waals surface area contributed by atoms with Crippen LogP contribution in [0, 0.1) is 5.92 Å². The van der Waals surface area contributed by atoms with Gasteiger partial charge in [-0.1, -0.05) is 19.3 Å². The maximum Gasteiger partial charge on any atom is 0.516 e. The third-order valence-corrected chi connectivity index (χ3v) is 2.56. The first-order valence-electron chi connectivity index (χ1n) is 5.27. The summed E-state index contributed by atoms with van der Waals surface area (Å²) in [5, 5.41) is 0. The molecule has 0 unspecified atom stereocenters. The van der Waals surface area contributed by atoms with Crippen LogP contribution in [0.15, 0.2) is 0 Å². The lowest BCUT2D eigenvalue weighted by molar-refractivity contribution is -0.141. The van der Waals surface area contributed by atoms with Crippen LogP contribution in [-0.2, 0) is 14.3 Å². The molecule has 0 aliphatic heterocycles. The van der Waals surface area contributed by atoms with Crippen LogP contribution in [0.5, 0.6) is 0 Å². The predicted molar refractivity (Wildman–Crippen MR) is 53.0 cm³/mol. The van der Waals surface area contributed by atoms with Crippen molar-refractivity contribution in [3.63, 3.8) is 0 Å². The molecule has 15 heavy (non-hydrogen) atoms. The Hall–Kier alpha value is -1.10. The standard InChI is InChI=1S/C10H17NO4/c1-2-14-10(13)15-9(12)8(11)6-7-4-3-5-7/h7-8H,2-6,11H2,1H3/t8-/m1/s1. The molecule has 0 aromatic carbocycles. The van der Waals surface area contributed by atoms with Crippen molar-refractivity contribution >= 4 is 12.1 Å². The van der Waals surface area contributed by atoms with Gasteiger partial charge in [0.25, 0.3) is 0 Å². The van der Waals surface area contributed by atoms with Gasteiger partial charge in [-0.05, 0) is 19.3 Å². The van der Waals surface area contributed by atoms with Crippen molar-refractivity contribution in [3.05, 3.63) is 0 Å². The lowest BCUT2D eigenvalue weighted by Gasteiger charge is -2.26. The van der Waals surface area contributed by atoms with Crippen molar-refractivity contribution in [2.45, 2.75) is 38.6 Å². The smallest absolute Gasteiger partial charge is 0.434 e. The number of hydrogen-bond acceptors (Lipinski definition) is 5. The Kier molecular flexibility index (Phi) is 4.55. The lowest BCUT2D eigenvalue weighted by atomic mass is 9.81. The summed E-state index contributed by atoms with van der Waals surface area (Å²) >= 11 is 0. The van der Waals surface area contributed by atoms with E-state index in [4.69, 9.17) is 5.73 Å². The molecule has 1 rings (SSSR count). The van der Waals surface area contributed by atoms with Crippen LogP contribution in [0.25, 0.3) is 0 Å². The van der Waals surface area contributed by atoms with Crippen LogP contribution in [0.2, 0.25) is 0 Å². The number of esters is 1. The van der Waals surface area contributed by atoms with E-state index in [9.17, 15) is 9.59 Å². The Morgan fingerprint density at radius 2 is 2.13 bits per heavy atom. The van der Waals surface area contributed by atoms with Crippen LogP contribution in [0.4, 0.5) is 4.79 Å². The summed E-state index contributed by atoms with van der Waals surface area (Å²) in [6, 6.07) is -0.709. The maximum absolute atomic E-state index is 11.3. The summed E-state index contributed by atoms with van der Waals surface area (Å²) < 4.78 is 8.87. The van der Waals surface area contributed by atoms with Crippen molar-refractivity contribution < 1.29 is 19.1 Å². The molecule has 0 heterocycles. The van der Waals surface area contributed by atoms with E-state index in [2.05, 4.69) is 9.47 Å². The first kappa shape index (κ1) is 12.0. The molecule has 1 aliphatic carbocycles. The SMILES string of the molecule is CCOC(=O)OC(=O)[C@H](N)CC1CCC1. The van der Waals surface area contributed by atoms with Gasteiger partial charge in [-0.2, -0.15) is 0 Å². The molecule has 0 amide bonds. The first-order chi connectivity index (χ1) is 7.13. The molecule has 0 saturated heterocycles. The van der Waals surface area contributed by atoms with Gasteiger partial charge in [-0.3, -0.25) is 0 Å². The maximum atomic E-state index is 11.3. The summed E-state index contributed by atoms with van der Waals surface area (Å²) in [5.74, 6) is -0.185. The second-order valence-corrected chi connectivity index (χ2v) is 3.74. The average molecular weight is 215 g/mol. The molecule has 0 aromatic rings. The monoisotopic (exact) mass is 215 g/mol. The van der Waals surface area contributed by atoms with E-state index in [1.54, 1.807) is 6.92 Å². The predicted octanol–water partition coefficient (Wildman–Crippen LogP) is 1.20. The molecular weight excluding hydrogens is 198 g/mol. The second kappa shape index (κ2) is 5.70. The molecular formula is C10H17NO4. The van der Waals surface area contributed by atoms with Gasteiger partial charge in [-0.15, -0.1) is 0 Å². The number of carbonyl (C=O) groups excluding carboxylic acids is 2. The van der Waals surface area contributed by atoms with E-state index < -0.39 is 18.2 Å². The topological polar surface area (TPSA) is 78.6 Å². The fourth-order valence-corrected chi connectivity index (χ4v) is 1.49. The minimum Gasteiger partial charge on any atom is -0.434 e. The van der Waals surface area contributed by atoms with Gasteiger partial charge in [0, 0.05) is 0 Å². The first-order valence-corrected chi connectivity index (χ1v) is 5.27. The summed E-state index contributed by atoms with van der Waals surface area (Å²) in [4.78, 5) is 22.1. The highest BCUT2D eigenvalue weighted by Gasteiger charge is 2.26. The van der Waals surface area contributed by atoms with E-state index >= 15 is 0 Å². The van der Waals surface area contributed by atoms with Crippen molar-refractivity contribution in [2.24, 2.45) is 11.7 Å². The van der Waals surface area contributed by atoms with Gasteiger partial charge < -0.3 is 15.2 Å². The third kappa shape index (κ3) is 3.87. The molecule has 1 saturated carbocycles. The zero-order valence-corrected chi connectivity index (χ0v) is 8.90. The van der Waals surface area contributed by atoms with Gasteiger partial charge in [0.1, 0.15) is 6.04 Å². The van der Waals surface area contributed by atoms with Crippen molar-refractivity contribution in [1.29, 1.82) is 0 Å². The zero-order valence-electron chi connectivity index (χ0n) is 8.90. The highest BCUT2D eigenvalue weighted by atomic mass is 16.7. The number of rotatable bonds is 4. The minimum atomic E-state index is -0.966. The molecule has 0 radical (unpaired) electrons. The molecule has 5 nitrogen and oxygen atoms in total. The summed E-state index contributed by atoms with van der Waals surface area (Å²) in [6.07, 6.45) is 3.05. The molecule has 0 aromatic heterocycles. The molecule has 2 N–H and O–H groups in total. The van der Waals surface area contributed by atoms with E-state index in [0.29, 0.717) is 12.3 Å². The number of carbonyl (C=O) groups is 2. The summed E-state index contributed by atoms with van der Waals surface area (Å²) in [5.41, 5.74) is 5.59. The third-order valence-electron chi connectivity index (χ3n) is 2.56. The van der Waals surface area contributed by atoms with Gasteiger partial charge in [0.15, 0.2) is 0 Å². The Morgan fingerprint density at radius 1 is 1.47 bits per heavy atom. The molecule has 86 valence electrons. The van der Waals surface area contributed by atoms with Crippen LogP contribution >= 0.6 is 0 Å². The second-order valence-electron chi connectivity index (χ2n) is 3.74. The van der Waals surface area contributed by atoms with E-state index in [1.807, 2.05) is 0 Å². The van der Waals surface area contributed by atoms with E-state index in [1.165, 1.54) is 6.42 Å². The van der Waals surface area contributed by atoms with Crippen LogP contribution in [0.1, 0.15) is 32.6 Å². The van der Waals surface area contributed by atoms with Gasteiger partial charge >= 0.3 is 12.1 Å². The van der Waals surface area contributed by atoms with E-state index in [0.717, 1.165) is 12.8 Å². The summed E-state index contributed by atoms with van der Waals surface area (Å²) in [6.45, 7) is 1.82. The van der Waals surface area contributed by atoms with Crippen molar-refractivity contribution in [1.82, 2.24) is 0 Å².